The predicted octanol–water partition coefficient (Wildman–Crippen LogP) is 3.10. The summed E-state index contributed by atoms with van der Waals surface area (Å²) in [5.74, 6) is 1.66. The van der Waals surface area contributed by atoms with Gasteiger partial charge >= 0.3 is 11.8 Å². The molecule has 0 aliphatic rings. The van der Waals surface area contributed by atoms with E-state index >= 15 is 0 Å². The van der Waals surface area contributed by atoms with Crippen molar-refractivity contribution in [3.63, 3.8) is 0 Å². The monoisotopic (exact) mass is 346 g/mol. The van der Waals surface area contributed by atoms with Crippen molar-refractivity contribution < 1.29 is 18.6 Å². The van der Waals surface area contributed by atoms with Gasteiger partial charge in [-0.05, 0) is 24.3 Å². The molecule has 2 aromatic carbocycles. The third kappa shape index (κ3) is 3.06. The van der Waals surface area contributed by atoms with Gasteiger partial charge in [-0.25, -0.2) is 0 Å². The van der Waals surface area contributed by atoms with Crippen LogP contribution in [0.2, 0.25) is 0 Å². The highest BCUT2D eigenvalue weighted by Gasteiger charge is 2.14. The maximum atomic E-state index is 5.92. The van der Waals surface area contributed by atoms with Crippen LogP contribution in [0.15, 0.2) is 72.8 Å². The van der Waals surface area contributed by atoms with E-state index in [0.29, 0.717) is 13.2 Å². The molecule has 4 nitrogen and oxygen atoms in total. The molecule has 2 heterocycles. The third-order valence-electron chi connectivity index (χ3n) is 4.65. The van der Waals surface area contributed by atoms with Gasteiger partial charge in [0.25, 0.3) is 0 Å². The third-order valence-corrected chi connectivity index (χ3v) is 4.65. The Hall–Kier alpha value is -3.14. The van der Waals surface area contributed by atoms with Crippen LogP contribution in [-0.4, -0.2) is 13.2 Å². The Balaban J connectivity index is 1.43. The van der Waals surface area contributed by atoms with E-state index in [1.54, 1.807) is 0 Å². The second kappa shape index (κ2) is 7.00. The summed E-state index contributed by atoms with van der Waals surface area (Å²) >= 11 is 0. The number of ether oxygens (including phenoxy) is 2. The highest BCUT2D eigenvalue weighted by molar-refractivity contribution is 5.76. The smallest absolute Gasteiger partial charge is 0.368 e. The number of fused-ring (bicyclic) bond motifs is 2. The van der Waals surface area contributed by atoms with Gasteiger partial charge in [0, 0.05) is 22.9 Å². The Morgan fingerprint density at radius 2 is 1.00 bits per heavy atom. The molecule has 0 aliphatic carbocycles. The summed E-state index contributed by atoms with van der Waals surface area (Å²) in [4.78, 5) is 0. The van der Waals surface area contributed by atoms with Crippen molar-refractivity contribution in [3.8, 4) is 11.8 Å². The van der Waals surface area contributed by atoms with Crippen molar-refractivity contribution in [3.05, 3.63) is 72.8 Å². The van der Waals surface area contributed by atoms with Crippen LogP contribution < -0.4 is 18.6 Å². The van der Waals surface area contributed by atoms with E-state index in [9.17, 15) is 0 Å². The number of aromatic nitrogens is 2. The maximum absolute atomic E-state index is 5.92. The lowest BCUT2D eigenvalue weighted by atomic mass is 10.2. The molecule has 0 bridgehead atoms. The van der Waals surface area contributed by atoms with Crippen molar-refractivity contribution in [1.29, 1.82) is 0 Å². The topological polar surface area (TPSA) is 26.2 Å². The van der Waals surface area contributed by atoms with E-state index in [1.165, 1.54) is 10.8 Å². The Labute approximate surface area is 152 Å². The molecular weight excluding hydrogens is 324 g/mol. The van der Waals surface area contributed by atoms with Crippen LogP contribution in [0.5, 0.6) is 11.8 Å². The van der Waals surface area contributed by atoms with Gasteiger partial charge in [-0.3, -0.25) is 0 Å². The first-order chi connectivity index (χ1) is 12.7. The minimum Gasteiger partial charge on any atom is -0.441 e. The van der Waals surface area contributed by atoms with Crippen LogP contribution >= 0.6 is 0 Å². The number of aryl methyl sites for hydroxylation is 2. The van der Waals surface area contributed by atoms with Crippen LogP contribution in [-0.2, 0) is 14.1 Å². The number of hydrogen-bond acceptors (Lipinski definition) is 2. The zero-order valence-electron chi connectivity index (χ0n) is 15.1. The minimum atomic E-state index is 0.485. The Kier molecular flexibility index (Phi) is 4.40. The molecule has 0 saturated carbocycles. The fourth-order valence-corrected chi connectivity index (χ4v) is 3.23. The van der Waals surface area contributed by atoms with E-state index in [1.807, 2.05) is 50.5 Å². The van der Waals surface area contributed by atoms with Gasteiger partial charge in [-0.1, -0.05) is 24.3 Å². The molecule has 0 spiro atoms. The van der Waals surface area contributed by atoms with E-state index in [0.717, 1.165) is 22.8 Å². The summed E-state index contributed by atoms with van der Waals surface area (Å²) in [5.41, 5.74) is 2.29. The number of pyridine rings is 2. The molecule has 0 atom stereocenters. The fraction of sp³-hybridized carbons (Fsp3) is 0.182. The van der Waals surface area contributed by atoms with Gasteiger partial charge in [-0.2, -0.15) is 9.13 Å². The Morgan fingerprint density at radius 1 is 0.577 bits per heavy atom. The summed E-state index contributed by atoms with van der Waals surface area (Å²) in [6.45, 7) is 0.970. The van der Waals surface area contributed by atoms with Gasteiger partial charge in [0.1, 0.15) is 27.3 Å². The second-order valence-electron chi connectivity index (χ2n) is 6.28. The van der Waals surface area contributed by atoms with Crippen molar-refractivity contribution in [1.82, 2.24) is 0 Å². The molecule has 26 heavy (non-hydrogen) atoms. The lowest BCUT2D eigenvalue weighted by molar-refractivity contribution is -0.653. The van der Waals surface area contributed by atoms with E-state index in [2.05, 4.69) is 45.5 Å². The molecule has 0 amide bonds. The minimum absolute atomic E-state index is 0.485. The van der Waals surface area contributed by atoms with Crippen LogP contribution in [0.3, 0.4) is 0 Å². The first-order valence-corrected chi connectivity index (χ1v) is 8.75. The molecule has 0 aliphatic heterocycles. The van der Waals surface area contributed by atoms with Gasteiger partial charge in [0.2, 0.25) is 11.0 Å². The molecule has 4 heteroatoms. The molecule has 130 valence electrons. The van der Waals surface area contributed by atoms with Crippen molar-refractivity contribution in [2.75, 3.05) is 13.2 Å². The Bertz CT molecular complexity index is 989. The first kappa shape index (κ1) is 16.3. The summed E-state index contributed by atoms with van der Waals surface area (Å²) in [7, 11) is 4.03. The summed E-state index contributed by atoms with van der Waals surface area (Å²) in [6.07, 6.45) is 0. The van der Waals surface area contributed by atoms with E-state index < -0.39 is 0 Å². The SMILES string of the molecule is C[n+]1c(OCCOc2ccc3ccccc3[n+]2C)ccc2ccccc21. The fourth-order valence-electron chi connectivity index (χ4n) is 3.23. The number of rotatable bonds is 5. The molecule has 0 saturated heterocycles. The summed E-state index contributed by atoms with van der Waals surface area (Å²) < 4.78 is 16.0. The van der Waals surface area contributed by atoms with Crippen molar-refractivity contribution in [2.45, 2.75) is 0 Å². The van der Waals surface area contributed by atoms with Gasteiger partial charge < -0.3 is 9.47 Å². The predicted molar refractivity (Wildman–Crippen MR) is 101 cm³/mol. The van der Waals surface area contributed by atoms with E-state index in [-0.39, 0.29) is 0 Å². The lowest BCUT2D eigenvalue weighted by Gasteiger charge is -2.07. The quantitative estimate of drug-likeness (QED) is 0.410. The Morgan fingerprint density at radius 3 is 1.46 bits per heavy atom. The summed E-state index contributed by atoms with van der Waals surface area (Å²) in [5, 5.41) is 2.39. The van der Waals surface area contributed by atoms with Crippen LogP contribution in [0.4, 0.5) is 0 Å². The van der Waals surface area contributed by atoms with Gasteiger partial charge in [0.15, 0.2) is 0 Å². The zero-order chi connectivity index (χ0) is 17.9. The van der Waals surface area contributed by atoms with E-state index in [4.69, 9.17) is 9.47 Å². The molecule has 0 radical (unpaired) electrons. The van der Waals surface area contributed by atoms with Crippen molar-refractivity contribution >= 4 is 21.8 Å². The molecule has 0 unspecified atom stereocenters. The lowest BCUT2D eigenvalue weighted by Crippen LogP contribution is -2.34. The van der Waals surface area contributed by atoms with Crippen molar-refractivity contribution in [2.24, 2.45) is 14.1 Å². The number of benzene rings is 2. The number of hydrogen-bond donors (Lipinski definition) is 0. The standard InChI is InChI=1S/C22H22N2O2/c1-23-19-9-5-3-7-17(19)11-13-21(23)25-15-16-26-22-14-12-18-8-4-6-10-20(18)24(22)2/h3-14H,15-16H2,1-2H3/q+2. The highest BCUT2D eigenvalue weighted by Crippen LogP contribution is 2.15. The molecule has 4 rings (SSSR count). The largest absolute Gasteiger partial charge is 0.441 e. The second-order valence-corrected chi connectivity index (χ2v) is 6.28. The highest BCUT2D eigenvalue weighted by atomic mass is 16.5. The van der Waals surface area contributed by atoms with Crippen LogP contribution in [0.25, 0.3) is 21.8 Å². The van der Waals surface area contributed by atoms with Crippen LogP contribution in [0, 0.1) is 0 Å². The molecular formula is C22H22N2O2+2. The van der Waals surface area contributed by atoms with Gasteiger partial charge in [0.05, 0.1) is 12.1 Å². The zero-order valence-corrected chi connectivity index (χ0v) is 15.1. The average Bonchev–Trinajstić information content (AvgIpc) is 2.68. The van der Waals surface area contributed by atoms with Crippen LogP contribution in [0.1, 0.15) is 0 Å². The normalized spacial score (nSPS) is 11.0. The maximum Gasteiger partial charge on any atom is 0.368 e. The summed E-state index contributed by atoms with van der Waals surface area (Å²) in [6, 6.07) is 24.7. The number of para-hydroxylation sites is 2. The first-order valence-electron chi connectivity index (χ1n) is 8.75. The molecule has 0 N–H and O–H groups in total. The molecule has 2 aromatic heterocycles. The molecule has 0 fully saturated rings. The average molecular weight is 346 g/mol. The number of nitrogens with zero attached hydrogens (tertiary/aromatic N) is 2. The molecule has 4 aromatic rings. The van der Waals surface area contributed by atoms with Gasteiger partial charge in [-0.15, -0.1) is 0 Å².